The van der Waals surface area contributed by atoms with E-state index in [9.17, 15) is 33.2 Å². The number of hydrogen-bond donors (Lipinski definition) is 4. The molecule has 2 heterocycles. The van der Waals surface area contributed by atoms with Crippen LogP contribution in [0.25, 0.3) is 10.9 Å². The number of Topliss-reactive ketones (excluding diaryl/α,β-unsaturated/α-hetero) is 2. The van der Waals surface area contributed by atoms with E-state index in [0.29, 0.717) is 24.8 Å². The van der Waals surface area contributed by atoms with Crippen LogP contribution in [0.1, 0.15) is 53.0 Å². The Morgan fingerprint density at radius 2 is 1.70 bits per heavy atom. The van der Waals surface area contributed by atoms with Crippen molar-refractivity contribution in [2.45, 2.75) is 44.2 Å². The molecule has 1 saturated carbocycles. The summed E-state index contributed by atoms with van der Waals surface area (Å²) in [6.45, 7) is -0.374. The summed E-state index contributed by atoms with van der Waals surface area (Å²) in [4.78, 5) is 79.5. The summed E-state index contributed by atoms with van der Waals surface area (Å²) in [5, 5.41) is 8.52. The zero-order valence-corrected chi connectivity index (χ0v) is 23.2. The van der Waals surface area contributed by atoms with Crippen LogP contribution in [0.5, 0.6) is 0 Å². The number of benzene rings is 2. The number of para-hydroxylation sites is 1. The first-order chi connectivity index (χ1) is 20.7. The lowest BCUT2D eigenvalue weighted by atomic mass is 9.95. The van der Waals surface area contributed by atoms with Crippen LogP contribution in [0.2, 0.25) is 0 Å². The minimum absolute atomic E-state index is 0.0496. The molecule has 0 radical (unpaired) electrons. The Bertz CT molecular complexity index is 1570. The number of ketones is 2. The Morgan fingerprint density at radius 3 is 2.37 bits per heavy atom. The van der Waals surface area contributed by atoms with Gasteiger partial charge in [0.25, 0.3) is 11.7 Å². The van der Waals surface area contributed by atoms with E-state index in [1.54, 1.807) is 24.3 Å². The lowest BCUT2D eigenvalue weighted by Gasteiger charge is -2.24. The first kappa shape index (κ1) is 29.6. The highest BCUT2D eigenvalue weighted by molar-refractivity contribution is 6.40. The zero-order valence-electron chi connectivity index (χ0n) is 23.2. The smallest absolute Gasteiger partial charge is 0.380 e. The van der Waals surface area contributed by atoms with Gasteiger partial charge in [-0.05, 0) is 37.3 Å². The van der Waals surface area contributed by atoms with Crippen LogP contribution < -0.4 is 16.0 Å². The van der Waals surface area contributed by atoms with Crippen molar-refractivity contribution in [2.75, 3.05) is 13.2 Å². The molecular formula is C31H31FN4O7. The van der Waals surface area contributed by atoms with Crippen molar-refractivity contribution < 1.29 is 37.9 Å². The van der Waals surface area contributed by atoms with Crippen molar-refractivity contribution in [2.24, 2.45) is 11.8 Å². The van der Waals surface area contributed by atoms with Gasteiger partial charge in [-0.3, -0.25) is 24.0 Å². The zero-order chi connectivity index (χ0) is 30.5. The molecular weight excluding hydrogens is 559 g/mol. The molecule has 11 nitrogen and oxygen atoms in total. The largest absolute Gasteiger partial charge is 0.452 e. The van der Waals surface area contributed by atoms with E-state index in [4.69, 9.17) is 4.74 Å². The number of rotatable bonds is 13. The normalized spacial score (nSPS) is 17.5. The van der Waals surface area contributed by atoms with E-state index in [1.165, 1.54) is 30.3 Å². The van der Waals surface area contributed by atoms with Crippen molar-refractivity contribution >= 4 is 46.2 Å². The van der Waals surface area contributed by atoms with Crippen LogP contribution in [-0.4, -0.2) is 65.5 Å². The third-order valence-electron chi connectivity index (χ3n) is 7.69. The number of nitrogens with one attached hydrogen (secondary N) is 4. The summed E-state index contributed by atoms with van der Waals surface area (Å²) in [6.07, 6.45) is 2.48. The monoisotopic (exact) mass is 590 g/mol. The van der Waals surface area contributed by atoms with Gasteiger partial charge in [0.05, 0.1) is 11.6 Å². The molecule has 1 aliphatic carbocycles. The predicted molar refractivity (Wildman–Crippen MR) is 151 cm³/mol. The highest BCUT2D eigenvalue weighted by atomic mass is 19.1. The van der Waals surface area contributed by atoms with E-state index in [-0.39, 0.29) is 35.0 Å². The lowest BCUT2D eigenvalue weighted by Crippen LogP contribution is -2.53. The topological polar surface area (TPSA) is 164 Å². The molecule has 0 unspecified atom stereocenters. The lowest BCUT2D eigenvalue weighted by molar-refractivity contribution is -0.144. The quantitative estimate of drug-likeness (QED) is 0.135. The van der Waals surface area contributed by atoms with E-state index in [1.807, 2.05) is 0 Å². The van der Waals surface area contributed by atoms with Crippen LogP contribution in [0.4, 0.5) is 4.39 Å². The number of carbonyl (C=O) groups excluding carboxylic acids is 6. The fraction of sp³-hybridized carbons (Fsp3) is 0.355. The van der Waals surface area contributed by atoms with Crippen LogP contribution >= 0.6 is 0 Å². The third kappa shape index (κ3) is 7.32. The summed E-state index contributed by atoms with van der Waals surface area (Å²) in [6, 6.07) is 11.4. The number of amides is 3. The number of halogens is 1. The van der Waals surface area contributed by atoms with Gasteiger partial charge < -0.3 is 25.7 Å². The van der Waals surface area contributed by atoms with Gasteiger partial charge in [-0.1, -0.05) is 55.3 Å². The van der Waals surface area contributed by atoms with Crippen LogP contribution in [0, 0.1) is 17.7 Å². The second kappa shape index (κ2) is 13.0. The molecule has 2 fully saturated rings. The third-order valence-corrected chi connectivity index (χ3v) is 7.69. The Morgan fingerprint density at radius 1 is 0.930 bits per heavy atom. The number of fused-ring (bicyclic) bond motifs is 1. The summed E-state index contributed by atoms with van der Waals surface area (Å²) in [5.74, 6) is -5.27. The van der Waals surface area contributed by atoms with E-state index < -0.39 is 59.8 Å². The molecule has 2 aliphatic rings. The Balaban J connectivity index is 1.27. The molecule has 4 N–H and O–H groups in total. The average molecular weight is 591 g/mol. The Labute approximate surface area is 245 Å². The second-order valence-electron chi connectivity index (χ2n) is 10.9. The number of H-pyrrole nitrogens is 1. The number of carbonyl (C=O) groups is 6. The average Bonchev–Trinajstić information content (AvgIpc) is 3.56. The van der Waals surface area contributed by atoms with Crippen molar-refractivity contribution in [1.82, 2.24) is 20.9 Å². The number of aromatic amines is 1. The SMILES string of the molecule is O=C(OCC(=O)[C@H](C[C@@H]1CCNC1=O)NC(=O)[C@H](CC1CC1)NC(=O)c1cc2cccc(F)c2[nH]1)C(=O)c1ccccc1. The first-order valence-corrected chi connectivity index (χ1v) is 14.1. The van der Waals surface area contributed by atoms with Gasteiger partial charge in [-0.25, -0.2) is 9.18 Å². The Kier molecular flexibility index (Phi) is 8.93. The fourth-order valence-electron chi connectivity index (χ4n) is 5.10. The summed E-state index contributed by atoms with van der Waals surface area (Å²) >= 11 is 0. The van der Waals surface area contributed by atoms with Gasteiger partial charge in [-0.15, -0.1) is 0 Å². The van der Waals surface area contributed by atoms with E-state index >= 15 is 0 Å². The predicted octanol–water partition coefficient (Wildman–Crippen LogP) is 2.21. The number of ether oxygens (including phenoxy) is 1. The molecule has 0 spiro atoms. The van der Waals surface area contributed by atoms with Gasteiger partial charge in [0.2, 0.25) is 11.8 Å². The number of esters is 1. The van der Waals surface area contributed by atoms with Crippen molar-refractivity contribution in [3.05, 3.63) is 71.7 Å². The highest BCUT2D eigenvalue weighted by Gasteiger charge is 2.36. The highest BCUT2D eigenvalue weighted by Crippen LogP contribution is 2.33. The van der Waals surface area contributed by atoms with Gasteiger partial charge >= 0.3 is 5.97 Å². The maximum absolute atomic E-state index is 14.2. The first-order valence-electron chi connectivity index (χ1n) is 14.1. The minimum atomic E-state index is -1.23. The molecule has 3 aromatic rings. The van der Waals surface area contributed by atoms with E-state index in [2.05, 4.69) is 20.9 Å². The number of aromatic nitrogens is 1. The molecule has 2 aromatic carbocycles. The standard InChI is InChI=1S/C31H31FN4O7/c32-21-8-4-7-19-14-24(34-26(19)21)30(41)36-23(13-17-9-10-17)29(40)35-22(15-20-11-12-33-28(20)39)25(37)16-43-31(42)27(38)18-5-2-1-3-6-18/h1-8,14,17,20,22-23,34H,9-13,15-16H2,(H,33,39)(H,35,40)(H,36,41)/t20-,22-,23-/m0/s1. The molecule has 224 valence electrons. The van der Waals surface area contributed by atoms with Crippen molar-refractivity contribution in [1.29, 1.82) is 0 Å². The molecule has 12 heteroatoms. The summed E-state index contributed by atoms with van der Waals surface area (Å²) in [7, 11) is 0. The van der Waals surface area contributed by atoms with Crippen LogP contribution in [0.3, 0.4) is 0 Å². The van der Waals surface area contributed by atoms with Crippen molar-refractivity contribution in [3.8, 4) is 0 Å². The molecule has 1 saturated heterocycles. The van der Waals surface area contributed by atoms with Crippen LogP contribution in [0.15, 0.2) is 54.6 Å². The minimum Gasteiger partial charge on any atom is -0.452 e. The molecule has 3 amide bonds. The molecule has 43 heavy (non-hydrogen) atoms. The molecule has 1 aliphatic heterocycles. The molecule has 0 bridgehead atoms. The molecule has 1 aromatic heterocycles. The van der Waals surface area contributed by atoms with Crippen molar-refractivity contribution in [3.63, 3.8) is 0 Å². The maximum atomic E-state index is 14.2. The summed E-state index contributed by atoms with van der Waals surface area (Å²) in [5.41, 5.74) is 0.333. The van der Waals surface area contributed by atoms with Gasteiger partial charge in [0.15, 0.2) is 12.4 Å². The van der Waals surface area contributed by atoms with Gasteiger partial charge in [0, 0.05) is 23.4 Å². The fourth-order valence-corrected chi connectivity index (χ4v) is 5.10. The summed E-state index contributed by atoms with van der Waals surface area (Å²) < 4.78 is 19.1. The van der Waals surface area contributed by atoms with E-state index in [0.717, 1.165) is 12.8 Å². The Hall–Kier alpha value is -4.87. The van der Waals surface area contributed by atoms with Gasteiger partial charge in [-0.2, -0.15) is 0 Å². The second-order valence-corrected chi connectivity index (χ2v) is 10.9. The maximum Gasteiger partial charge on any atom is 0.380 e. The number of hydrogen-bond acceptors (Lipinski definition) is 7. The molecule has 3 atom stereocenters. The van der Waals surface area contributed by atoms with Crippen LogP contribution in [-0.2, 0) is 23.9 Å². The molecule has 5 rings (SSSR count). The van der Waals surface area contributed by atoms with Gasteiger partial charge in [0.1, 0.15) is 17.6 Å².